The predicted molar refractivity (Wildman–Crippen MR) is 56.5 cm³/mol. The van der Waals surface area contributed by atoms with Crippen molar-refractivity contribution in [3.63, 3.8) is 0 Å². The van der Waals surface area contributed by atoms with Crippen molar-refractivity contribution in [3.8, 4) is 0 Å². The number of rotatable bonds is 1. The largest absolute Gasteiger partial charge is 0.332 e. The average Bonchev–Trinajstić information content (AvgIpc) is 2.48. The molecule has 1 fully saturated rings. The molecule has 76 valence electrons. The van der Waals surface area contributed by atoms with Crippen LogP contribution in [0.25, 0.3) is 0 Å². The Bertz CT molecular complexity index is 336. The molecule has 2 heterocycles. The van der Waals surface area contributed by atoms with Gasteiger partial charge in [0.15, 0.2) is 0 Å². The predicted octanol–water partition coefficient (Wildman–Crippen LogP) is 3.05. The van der Waals surface area contributed by atoms with Crippen LogP contribution in [0.1, 0.15) is 62.4 Å². The lowest BCUT2D eigenvalue weighted by Gasteiger charge is -2.29. The molecule has 1 aromatic rings. The van der Waals surface area contributed by atoms with Crippen LogP contribution < -0.4 is 0 Å². The Labute approximate surface area is 85.3 Å². The molecule has 1 unspecified atom stereocenters. The topological polar surface area (TPSA) is 17.8 Å². The second kappa shape index (κ2) is 3.11. The van der Waals surface area contributed by atoms with Crippen molar-refractivity contribution in [1.29, 1.82) is 0 Å². The van der Waals surface area contributed by atoms with Crippen LogP contribution in [0, 0.1) is 0 Å². The first kappa shape index (κ1) is 8.51. The molecular weight excluding hydrogens is 172 g/mol. The first-order valence-corrected chi connectivity index (χ1v) is 5.91. The summed E-state index contributed by atoms with van der Waals surface area (Å²) in [6.07, 6.45) is 8.94. The van der Waals surface area contributed by atoms with Crippen molar-refractivity contribution in [2.24, 2.45) is 0 Å². The highest BCUT2D eigenvalue weighted by atomic mass is 15.1. The fraction of sp³-hybridized carbons (Fsp3) is 0.750. The summed E-state index contributed by atoms with van der Waals surface area (Å²) in [6, 6.07) is 0. The molecule has 1 aromatic heterocycles. The summed E-state index contributed by atoms with van der Waals surface area (Å²) in [5, 5.41) is 0. The Hall–Kier alpha value is -0.790. The maximum Gasteiger partial charge on any atom is 0.111 e. The van der Waals surface area contributed by atoms with E-state index in [-0.39, 0.29) is 0 Å². The molecule has 2 aliphatic rings. The minimum Gasteiger partial charge on any atom is -0.332 e. The van der Waals surface area contributed by atoms with E-state index >= 15 is 0 Å². The SMILES string of the molecule is CC1CCCn2c1cnc2C1CCC1. The highest BCUT2D eigenvalue weighted by Gasteiger charge is 2.27. The van der Waals surface area contributed by atoms with E-state index in [9.17, 15) is 0 Å². The molecule has 0 saturated heterocycles. The normalized spacial score (nSPS) is 27.1. The third-order valence-electron chi connectivity index (χ3n) is 3.91. The molecule has 2 nitrogen and oxygen atoms in total. The van der Waals surface area contributed by atoms with Gasteiger partial charge in [0, 0.05) is 24.4 Å². The summed E-state index contributed by atoms with van der Waals surface area (Å²) in [7, 11) is 0. The quantitative estimate of drug-likeness (QED) is 0.665. The highest BCUT2D eigenvalue weighted by Crippen LogP contribution is 2.38. The van der Waals surface area contributed by atoms with Crippen LogP contribution >= 0.6 is 0 Å². The Balaban J connectivity index is 1.97. The summed E-state index contributed by atoms with van der Waals surface area (Å²) >= 11 is 0. The van der Waals surface area contributed by atoms with Gasteiger partial charge in [0.1, 0.15) is 5.82 Å². The fourth-order valence-electron chi connectivity index (χ4n) is 2.74. The van der Waals surface area contributed by atoms with Gasteiger partial charge in [-0.2, -0.15) is 0 Å². The fourth-order valence-corrected chi connectivity index (χ4v) is 2.74. The molecule has 14 heavy (non-hydrogen) atoms. The van der Waals surface area contributed by atoms with Crippen LogP contribution in [0.15, 0.2) is 6.20 Å². The van der Waals surface area contributed by atoms with Gasteiger partial charge in [-0.15, -0.1) is 0 Å². The van der Waals surface area contributed by atoms with Gasteiger partial charge < -0.3 is 4.57 Å². The van der Waals surface area contributed by atoms with Gasteiger partial charge >= 0.3 is 0 Å². The first-order chi connectivity index (χ1) is 6.86. The van der Waals surface area contributed by atoms with Crippen LogP contribution in [-0.4, -0.2) is 9.55 Å². The molecule has 0 amide bonds. The summed E-state index contributed by atoms with van der Waals surface area (Å²) in [5.41, 5.74) is 1.48. The highest BCUT2D eigenvalue weighted by molar-refractivity contribution is 5.16. The van der Waals surface area contributed by atoms with Gasteiger partial charge in [-0.25, -0.2) is 4.98 Å². The zero-order valence-electron chi connectivity index (χ0n) is 8.87. The molecule has 1 saturated carbocycles. The van der Waals surface area contributed by atoms with Crippen LogP contribution in [0.4, 0.5) is 0 Å². The lowest BCUT2D eigenvalue weighted by Crippen LogP contribution is -2.20. The Morgan fingerprint density at radius 2 is 2.14 bits per heavy atom. The van der Waals surface area contributed by atoms with Crippen molar-refractivity contribution in [3.05, 3.63) is 17.7 Å². The van der Waals surface area contributed by atoms with E-state index in [1.807, 2.05) is 0 Å². The molecule has 0 N–H and O–H groups in total. The maximum atomic E-state index is 4.63. The van der Waals surface area contributed by atoms with E-state index in [2.05, 4.69) is 22.7 Å². The van der Waals surface area contributed by atoms with Gasteiger partial charge in [-0.1, -0.05) is 13.3 Å². The molecule has 0 aromatic carbocycles. The molecule has 0 spiro atoms. The first-order valence-electron chi connectivity index (χ1n) is 5.91. The van der Waals surface area contributed by atoms with E-state index in [0.29, 0.717) is 0 Å². The van der Waals surface area contributed by atoms with E-state index < -0.39 is 0 Å². The maximum absolute atomic E-state index is 4.63. The van der Waals surface area contributed by atoms with Crippen LogP contribution in [0.5, 0.6) is 0 Å². The lowest BCUT2D eigenvalue weighted by molar-refractivity contribution is 0.369. The van der Waals surface area contributed by atoms with E-state index in [4.69, 9.17) is 0 Å². The lowest BCUT2D eigenvalue weighted by atomic mass is 9.84. The monoisotopic (exact) mass is 190 g/mol. The summed E-state index contributed by atoms with van der Waals surface area (Å²) in [6.45, 7) is 3.54. The smallest absolute Gasteiger partial charge is 0.111 e. The van der Waals surface area contributed by atoms with Crippen molar-refractivity contribution in [2.45, 2.75) is 57.4 Å². The molecule has 3 rings (SSSR count). The molecular formula is C12H18N2. The number of imidazole rings is 1. The zero-order valence-corrected chi connectivity index (χ0v) is 8.87. The van der Waals surface area contributed by atoms with Crippen LogP contribution in [0.3, 0.4) is 0 Å². The number of hydrogen-bond donors (Lipinski definition) is 0. The van der Waals surface area contributed by atoms with E-state index in [0.717, 1.165) is 11.8 Å². The summed E-state index contributed by atoms with van der Waals surface area (Å²) in [5.74, 6) is 2.90. The number of fused-ring (bicyclic) bond motifs is 1. The number of hydrogen-bond acceptors (Lipinski definition) is 1. The standard InChI is InChI=1S/C12H18N2/c1-9-4-3-7-14-11(9)8-13-12(14)10-5-2-6-10/h8-10H,2-7H2,1H3. The second-order valence-electron chi connectivity index (χ2n) is 4.86. The Kier molecular flexibility index (Phi) is 1.89. The van der Waals surface area contributed by atoms with Crippen molar-refractivity contribution < 1.29 is 0 Å². The van der Waals surface area contributed by atoms with Crippen LogP contribution in [0.2, 0.25) is 0 Å². The molecule has 0 radical (unpaired) electrons. The second-order valence-corrected chi connectivity index (χ2v) is 4.86. The van der Waals surface area contributed by atoms with Gasteiger partial charge in [-0.05, 0) is 31.6 Å². The molecule has 1 aliphatic carbocycles. The minimum atomic E-state index is 0.727. The van der Waals surface area contributed by atoms with Crippen molar-refractivity contribution in [2.75, 3.05) is 0 Å². The van der Waals surface area contributed by atoms with E-state index in [1.54, 1.807) is 0 Å². The Morgan fingerprint density at radius 3 is 2.86 bits per heavy atom. The van der Waals surface area contributed by atoms with Crippen LogP contribution in [-0.2, 0) is 6.54 Å². The van der Waals surface area contributed by atoms with Crippen molar-refractivity contribution >= 4 is 0 Å². The van der Waals surface area contributed by atoms with Gasteiger partial charge in [0.25, 0.3) is 0 Å². The van der Waals surface area contributed by atoms with E-state index in [1.165, 1.54) is 50.2 Å². The zero-order chi connectivity index (χ0) is 9.54. The summed E-state index contributed by atoms with van der Waals surface area (Å²) < 4.78 is 2.50. The number of nitrogens with zero attached hydrogens (tertiary/aromatic N) is 2. The molecule has 0 bridgehead atoms. The molecule has 1 aliphatic heterocycles. The Morgan fingerprint density at radius 1 is 1.29 bits per heavy atom. The van der Waals surface area contributed by atoms with Gasteiger partial charge in [0.05, 0.1) is 0 Å². The third-order valence-corrected chi connectivity index (χ3v) is 3.91. The minimum absolute atomic E-state index is 0.727. The van der Waals surface area contributed by atoms with Crippen molar-refractivity contribution in [1.82, 2.24) is 9.55 Å². The number of aromatic nitrogens is 2. The van der Waals surface area contributed by atoms with Gasteiger partial charge in [-0.3, -0.25) is 0 Å². The third kappa shape index (κ3) is 1.13. The molecule has 1 atom stereocenters. The summed E-state index contributed by atoms with van der Waals surface area (Å²) in [4.78, 5) is 4.63. The molecule has 2 heteroatoms. The van der Waals surface area contributed by atoms with Gasteiger partial charge in [0.2, 0.25) is 0 Å². The average molecular weight is 190 g/mol.